The fourth-order valence-corrected chi connectivity index (χ4v) is 2.59. The molecule has 4 heteroatoms. The van der Waals surface area contributed by atoms with Gasteiger partial charge in [-0.2, -0.15) is 0 Å². The van der Waals surface area contributed by atoms with Crippen LogP contribution in [0.4, 0.5) is 0 Å². The van der Waals surface area contributed by atoms with Crippen LogP contribution < -0.4 is 0 Å². The first kappa shape index (κ1) is 15.3. The molecule has 1 heterocycles. The smallest absolute Gasteiger partial charge is 0.120 e. The molecule has 0 amide bonds. The van der Waals surface area contributed by atoms with E-state index >= 15 is 0 Å². The molecule has 0 spiro atoms. The summed E-state index contributed by atoms with van der Waals surface area (Å²) in [6, 6.07) is 5.85. The van der Waals surface area contributed by atoms with Crippen molar-refractivity contribution in [2.75, 3.05) is 53.4 Å². The molecule has 20 heavy (non-hydrogen) atoms. The van der Waals surface area contributed by atoms with E-state index in [1.54, 1.807) is 6.07 Å². The van der Waals surface area contributed by atoms with Gasteiger partial charge in [-0.25, -0.2) is 0 Å². The number of piperazine rings is 1. The highest BCUT2D eigenvalue weighted by Crippen LogP contribution is 2.20. The third-order valence-corrected chi connectivity index (χ3v) is 3.96. The highest BCUT2D eigenvalue weighted by Gasteiger charge is 2.17. The topological polar surface area (TPSA) is 30.0 Å². The predicted molar refractivity (Wildman–Crippen MR) is 83.1 cm³/mol. The molecular weight excluding hydrogens is 250 g/mol. The number of hydrogen-bond acceptors (Lipinski definition) is 4. The third kappa shape index (κ3) is 4.47. The Kier molecular flexibility index (Phi) is 5.40. The van der Waals surface area contributed by atoms with Crippen molar-refractivity contribution in [3.8, 4) is 5.75 Å². The molecule has 1 aromatic rings. The maximum atomic E-state index is 9.92. The second-order valence-electron chi connectivity index (χ2n) is 6.05. The first-order chi connectivity index (χ1) is 9.54. The summed E-state index contributed by atoms with van der Waals surface area (Å²) in [4.78, 5) is 7.18. The van der Waals surface area contributed by atoms with Crippen molar-refractivity contribution in [3.63, 3.8) is 0 Å². The standard InChI is InChI=1S/C16H27N3O/c1-14-4-5-16(20)15(12-14)13-19-10-8-18(9-11-19)7-6-17(2)3/h4-5,12,20H,6-11,13H2,1-3H3. The Bertz CT molecular complexity index is 426. The molecule has 0 aliphatic carbocycles. The van der Waals surface area contributed by atoms with Gasteiger partial charge in [0.15, 0.2) is 0 Å². The molecular formula is C16H27N3O. The van der Waals surface area contributed by atoms with Crippen molar-refractivity contribution in [3.05, 3.63) is 29.3 Å². The number of rotatable bonds is 5. The number of phenolic OH excluding ortho intramolecular Hbond substituents is 1. The zero-order valence-corrected chi connectivity index (χ0v) is 13.0. The van der Waals surface area contributed by atoms with E-state index in [-0.39, 0.29) is 0 Å². The van der Waals surface area contributed by atoms with Gasteiger partial charge in [-0.15, -0.1) is 0 Å². The van der Waals surface area contributed by atoms with Crippen molar-refractivity contribution >= 4 is 0 Å². The Hall–Kier alpha value is -1.10. The fourth-order valence-electron chi connectivity index (χ4n) is 2.59. The first-order valence-corrected chi connectivity index (χ1v) is 7.42. The first-order valence-electron chi connectivity index (χ1n) is 7.42. The maximum absolute atomic E-state index is 9.92. The monoisotopic (exact) mass is 277 g/mol. The van der Waals surface area contributed by atoms with Gasteiger partial charge in [0.05, 0.1) is 0 Å². The molecule has 1 saturated heterocycles. The minimum absolute atomic E-state index is 0.422. The number of phenols is 1. The Morgan fingerprint density at radius 1 is 1.10 bits per heavy atom. The van der Waals surface area contributed by atoms with E-state index < -0.39 is 0 Å². The summed E-state index contributed by atoms with van der Waals surface area (Å²) < 4.78 is 0. The average Bonchev–Trinajstić information content (AvgIpc) is 2.42. The second kappa shape index (κ2) is 7.07. The van der Waals surface area contributed by atoms with E-state index in [0.717, 1.165) is 51.4 Å². The van der Waals surface area contributed by atoms with Crippen molar-refractivity contribution in [1.29, 1.82) is 0 Å². The summed E-state index contributed by atoms with van der Waals surface area (Å²) in [6.07, 6.45) is 0. The Labute approximate surface area is 122 Å². The van der Waals surface area contributed by atoms with Gasteiger partial charge in [0.25, 0.3) is 0 Å². The predicted octanol–water partition coefficient (Wildman–Crippen LogP) is 1.38. The molecule has 112 valence electrons. The summed E-state index contributed by atoms with van der Waals surface area (Å²) in [6.45, 7) is 9.62. The van der Waals surface area contributed by atoms with Gasteiger partial charge in [0.2, 0.25) is 0 Å². The van der Waals surface area contributed by atoms with E-state index in [4.69, 9.17) is 0 Å². The SMILES string of the molecule is Cc1ccc(O)c(CN2CCN(CCN(C)C)CC2)c1. The van der Waals surface area contributed by atoms with Crippen molar-refractivity contribution in [1.82, 2.24) is 14.7 Å². The van der Waals surface area contributed by atoms with E-state index in [1.807, 2.05) is 6.07 Å². The van der Waals surface area contributed by atoms with Crippen LogP contribution in [0.1, 0.15) is 11.1 Å². The lowest BCUT2D eigenvalue weighted by Gasteiger charge is -2.35. The summed E-state index contributed by atoms with van der Waals surface area (Å²) in [7, 11) is 4.24. The molecule has 0 radical (unpaired) electrons. The molecule has 1 aliphatic rings. The van der Waals surface area contributed by atoms with Gasteiger partial charge in [0, 0.05) is 51.4 Å². The molecule has 1 N–H and O–H groups in total. The fraction of sp³-hybridized carbons (Fsp3) is 0.625. The molecule has 0 atom stereocenters. The van der Waals surface area contributed by atoms with Crippen LogP contribution in [0, 0.1) is 6.92 Å². The highest BCUT2D eigenvalue weighted by atomic mass is 16.3. The molecule has 0 unspecified atom stereocenters. The van der Waals surface area contributed by atoms with Gasteiger partial charge < -0.3 is 10.0 Å². The molecule has 0 aromatic heterocycles. The van der Waals surface area contributed by atoms with Gasteiger partial charge >= 0.3 is 0 Å². The minimum Gasteiger partial charge on any atom is -0.508 e. The second-order valence-corrected chi connectivity index (χ2v) is 6.05. The molecule has 1 aliphatic heterocycles. The zero-order valence-electron chi connectivity index (χ0n) is 13.0. The Morgan fingerprint density at radius 3 is 2.40 bits per heavy atom. The van der Waals surface area contributed by atoms with E-state index in [0.29, 0.717) is 5.75 Å². The molecule has 4 nitrogen and oxygen atoms in total. The van der Waals surface area contributed by atoms with E-state index in [2.05, 4.69) is 41.8 Å². The molecule has 1 fully saturated rings. The molecule has 2 rings (SSSR count). The van der Waals surface area contributed by atoms with Crippen LogP contribution in [-0.4, -0.2) is 73.2 Å². The average molecular weight is 277 g/mol. The van der Waals surface area contributed by atoms with Crippen LogP contribution in [0.15, 0.2) is 18.2 Å². The summed E-state index contributed by atoms with van der Waals surface area (Å²) in [5.74, 6) is 0.422. The highest BCUT2D eigenvalue weighted by molar-refractivity contribution is 5.35. The normalized spacial score (nSPS) is 17.8. The third-order valence-electron chi connectivity index (χ3n) is 3.96. The summed E-state index contributed by atoms with van der Waals surface area (Å²) in [5, 5.41) is 9.92. The van der Waals surface area contributed by atoms with Gasteiger partial charge in [0.1, 0.15) is 5.75 Å². The number of aromatic hydroxyl groups is 1. The van der Waals surface area contributed by atoms with E-state index in [1.165, 1.54) is 5.56 Å². The largest absolute Gasteiger partial charge is 0.508 e. The minimum atomic E-state index is 0.422. The molecule has 0 bridgehead atoms. The number of likely N-dealkylation sites (N-methyl/N-ethyl adjacent to an activating group) is 1. The van der Waals surface area contributed by atoms with Gasteiger partial charge in [-0.05, 0) is 27.1 Å². The van der Waals surface area contributed by atoms with Crippen LogP contribution in [0.3, 0.4) is 0 Å². The summed E-state index contributed by atoms with van der Waals surface area (Å²) >= 11 is 0. The van der Waals surface area contributed by atoms with Gasteiger partial charge in [-0.1, -0.05) is 17.7 Å². The van der Waals surface area contributed by atoms with Gasteiger partial charge in [-0.3, -0.25) is 9.80 Å². The van der Waals surface area contributed by atoms with Crippen LogP contribution in [-0.2, 0) is 6.54 Å². The lowest BCUT2D eigenvalue weighted by atomic mass is 10.1. The van der Waals surface area contributed by atoms with Crippen LogP contribution in [0.2, 0.25) is 0 Å². The van der Waals surface area contributed by atoms with Crippen molar-refractivity contribution < 1.29 is 5.11 Å². The number of hydrogen-bond donors (Lipinski definition) is 1. The number of aryl methyl sites for hydroxylation is 1. The quantitative estimate of drug-likeness (QED) is 0.881. The number of nitrogens with zero attached hydrogens (tertiary/aromatic N) is 3. The van der Waals surface area contributed by atoms with Crippen LogP contribution in [0.5, 0.6) is 5.75 Å². The maximum Gasteiger partial charge on any atom is 0.120 e. The Balaban J connectivity index is 1.81. The molecule has 1 aromatic carbocycles. The van der Waals surface area contributed by atoms with Crippen LogP contribution in [0.25, 0.3) is 0 Å². The zero-order chi connectivity index (χ0) is 14.5. The van der Waals surface area contributed by atoms with Crippen LogP contribution >= 0.6 is 0 Å². The van der Waals surface area contributed by atoms with E-state index in [9.17, 15) is 5.11 Å². The Morgan fingerprint density at radius 2 is 1.75 bits per heavy atom. The number of benzene rings is 1. The van der Waals surface area contributed by atoms with Crippen molar-refractivity contribution in [2.24, 2.45) is 0 Å². The molecule has 0 saturated carbocycles. The lowest BCUT2D eigenvalue weighted by molar-refractivity contribution is 0.120. The lowest BCUT2D eigenvalue weighted by Crippen LogP contribution is -2.47. The summed E-state index contributed by atoms with van der Waals surface area (Å²) in [5.41, 5.74) is 2.26. The van der Waals surface area contributed by atoms with Crippen molar-refractivity contribution in [2.45, 2.75) is 13.5 Å².